The first-order valence-electron chi connectivity index (χ1n) is 10.5. The van der Waals surface area contributed by atoms with Gasteiger partial charge in [0.2, 0.25) is 5.91 Å². The fourth-order valence-electron chi connectivity index (χ4n) is 4.01. The number of imidazole rings is 1. The Bertz CT molecular complexity index is 1450. The van der Waals surface area contributed by atoms with Gasteiger partial charge in [-0.1, -0.05) is 12.1 Å². The summed E-state index contributed by atoms with van der Waals surface area (Å²) in [5, 5.41) is 2.62. The Balaban J connectivity index is 1.60. The second-order valence-corrected chi connectivity index (χ2v) is 7.99. The van der Waals surface area contributed by atoms with E-state index in [1.807, 2.05) is 0 Å². The van der Waals surface area contributed by atoms with E-state index in [1.54, 1.807) is 42.0 Å². The summed E-state index contributed by atoms with van der Waals surface area (Å²) < 4.78 is 20.2. The molecule has 1 aromatic carbocycles. The van der Waals surface area contributed by atoms with Gasteiger partial charge in [-0.15, -0.1) is 0 Å². The molecule has 5 rings (SSSR count). The van der Waals surface area contributed by atoms with Crippen molar-refractivity contribution in [2.24, 2.45) is 0 Å². The topological polar surface area (TPSA) is 137 Å². The van der Waals surface area contributed by atoms with Crippen LogP contribution in [-0.4, -0.2) is 42.8 Å². The van der Waals surface area contributed by atoms with Gasteiger partial charge in [-0.25, -0.2) is 24.3 Å². The lowest BCUT2D eigenvalue weighted by Crippen LogP contribution is -2.41. The Hall–Kier alpha value is -4.41. The van der Waals surface area contributed by atoms with E-state index in [-0.39, 0.29) is 35.4 Å². The predicted octanol–water partition coefficient (Wildman–Crippen LogP) is 2.27. The van der Waals surface area contributed by atoms with Crippen LogP contribution in [0.2, 0.25) is 0 Å². The molecule has 10 nitrogen and oxygen atoms in total. The maximum absolute atomic E-state index is 13.3. The highest BCUT2D eigenvalue weighted by atomic mass is 19.1. The van der Waals surface area contributed by atoms with Gasteiger partial charge in [-0.2, -0.15) is 0 Å². The molecule has 3 aromatic heterocycles. The summed E-state index contributed by atoms with van der Waals surface area (Å²) in [5.74, 6) is -1.36. The molecule has 1 atom stereocenters. The van der Waals surface area contributed by atoms with Gasteiger partial charge in [0, 0.05) is 25.0 Å². The second-order valence-electron chi connectivity index (χ2n) is 7.99. The smallest absolute Gasteiger partial charge is 0.326 e. The summed E-state index contributed by atoms with van der Waals surface area (Å²) in [5.41, 5.74) is 7.23. The highest BCUT2D eigenvalue weighted by Gasteiger charge is 2.53. The highest BCUT2D eigenvalue weighted by Crippen LogP contribution is 2.41. The third-order valence-corrected chi connectivity index (χ3v) is 5.76. The van der Waals surface area contributed by atoms with Crippen LogP contribution in [0.3, 0.4) is 0 Å². The van der Waals surface area contributed by atoms with Crippen LogP contribution >= 0.6 is 0 Å². The van der Waals surface area contributed by atoms with Crippen molar-refractivity contribution < 1.29 is 18.7 Å². The van der Waals surface area contributed by atoms with Gasteiger partial charge in [-0.05, 0) is 31.5 Å². The van der Waals surface area contributed by atoms with Crippen molar-refractivity contribution in [2.45, 2.75) is 25.7 Å². The standard InChI is InChI=1S/C23H20FN7O3/c1-3-34-22(33)23(2)16-17(25)28-18(29-19(16)30-21(23)32)15-11-31-9-8-26-20(31)14(27-15)10-12-4-6-13(24)7-5-12/h4-9,11H,3,10H2,1-2H3,(H3,25,28,29,30,32). The number of benzene rings is 1. The van der Waals surface area contributed by atoms with Crippen LogP contribution in [-0.2, 0) is 26.2 Å². The van der Waals surface area contributed by atoms with Crippen molar-refractivity contribution >= 4 is 29.2 Å². The van der Waals surface area contributed by atoms with Crippen LogP contribution in [0.25, 0.3) is 17.2 Å². The van der Waals surface area contributed by atoms with E-state index in [4.69, 9.17) is 10.5 Å². The Kier molecular flexibility index (Phi) is 4.96. The summed E-state index contributed by atoms with van der Waals surface area (Å²) in [6, 6.07) is 6.13. The molecule has 1 aliphatic heterocycles. The number of esters is 1. The molecular weight excluding hydrogens is 441 g/mol. The number of anilines is 2. The number of carbonyl (C=O) groups is 2. The molecule has 11 heteroatoms. The number of nitrogens with zero attached hydrogens (tertiary/aromatic N) is 5. The Labute approximate surface area is 193 Å². The molecule has 0 fully saturated rings. The molecule has 0 spiro atoms. The number of carbonyl (C=O) groups excluding carboxylic acids is 2. The van der Waals surface area contributed by atoms with Gasteiger partial charge >= 0.3 is 5.97 Å². The summed E-state index contributed by atoms with van der Waals surface area (Å²) in [6.07, 6.45) is 5.48. The summed E-state index contributed by atoms with van der Waals surface area (Å²) >= 11 is 0. The molecule has 0 saturated heterocycles. The number of aromatic nitrogens is 5. The van der Waals surface area contributed by atoms with Crippen molar-refractivity contribution in [3.8, 4) is 11.5 Å². The summed E-state index contributed by atoms with van der Waals surface area (Å²) in [4.78, 5) is 43.1. The number of amides is 1. The van der Waals surface area contributed by atoms with Crippen LogP contribution in [0.1, 0.15) is 30.7 Å². The van der Waals surface area contributed by atoms with Gasteiger partial charge < -0.3 is 20.2 Å². The Morgan fingerprint density at radius 2 is 2.00 bits per heavy atom. The van der Waals surface area contributed by atoms with Gasteiger partial charge in [0.25, 0.3) is 0 Å². The molecule has 0 saturated carbocycles. The minimum atomic E-state index is -1.65. The lowest BCUT2D eigenvalue weighted by Gasteiger charge is -2.20. The zero-order valence-electron chi connectivity index (χ0n) is 18.4. The molecule has 3 N–H and O–H groups in total. The van der Waals surface area contributed by atoms with Gasteiger partial charge in [0.15, 0.2) is 16.9 Å². The van der Waals surface area contributed by atoms with Gasteiger partial charge in [0.1, 0.15) is 23.1 Å². The largest absolute Gasteiger partial charge is 0.465 e. The quantitative estimate of drug-likeness (QED) is 0.341. The molecule has 34 heavy (non-hydrogen) atoms. The minimum absolute atomic E-state index is 0.0264. The van der Waals surface area contributed by atoms with Crippen LogP contribution in [0, 0.1) is 5.82 Å². The van der Waals surface area contributed by atoms with E-state index in [9.17, 15) is 14.0 Å². The predicted molar refractivity (Wildman–Crippen MR) is 120 cm³/mol. The molecule has 0 bridgehead atoms. The highest BCUT2D eigenvalue weighted by molar-refractivity contribution is 6.19. The third kappa shape index (κ3) is 3.33. The molecule has 1 unspecified atom stereocenters. The van der Waals surface area contributed by atoms with Crippen LogP contribution < -0.4 is 11.1 Å². The summed E-state index contributed by atoms with van der Waals surface area (Å²) in [6.45, 7) is 3.20. The molecule has 0 aliphatic carbocycles. The molecule has 1 amide bonds. The molecule has 172 valence electrons. The Morgan fingerprint density at radius 3 is 2.74 bits per heavy atom. The first kappa shape index (κ1) is 21.4. The van der Waals surface area contributed by atoms with E-state index in [0.717, 1.165) is 5.56 Å². The number of fused-ring (bicyclic) bond motifs is 2. The number of nitrogens with one attached hydrogen (secondary N) is 1. The number of nitrogens with two attached hydrogens (primary N) is 1. The van der Waals surface area contributed by atoms with Crippen LogP contribution in [0.4, 0.5) is 16.0 Å². The average Bonchev–Trinajstić information content (AvgIpc) is 3.38. The number of nitrogen functional groups attached to an aromatic ring is 1. The van der Waals surface area contributed by atoms with Crippen molar-refractivity contribution in [1.29, 1.82) is 0 Å². The summed E-state index contributed by atoms with van der Waals surface area (Å²) in [7, 11) is 0. The lowest BCUT2D eigenvalue weighted by atomic mass is 9.84. The fourth-order valence-corrected chi connectivity index (χ4v) is 4.01. The molecule has 1 aliphatic rings. The number of ether oxygens (including phenoxy) is 1. The van der Waals surface area contributed by atoms with Crippen molar-refractivity contribution in [3.05, 3.63) is 65.5 Å². The zero-order chi connectivity index (χ0) is 24.0. The van der Waals surface area contributed by atoms with E-state index in [2.05, 4.69) is 25.3 Å². The zero-order valence-corrected chi connectivity index (χ0v) is 18.4. The fraction of sp³-hybridized carbons (Fsp3) is 0.217. The first-order chi connectivity index (χ1) is 16.3. The van der Waals surface area contributed by atoms with Crippen molar-refractivity contribution in [1.82, 2.24) is 24.3 Å². The third-order valence-electron chi connectivity index (χ3n) is 5.76. The van der Waals surface area contributed by atoms with Gasteiger partial charge in [-0.3, -0.25) is 9.59 Å². The average molecular weight is 461 g/mol. The first-order valence-corrected chi connectivity index (χ1v) is 10.5. The van der Waals surface area contributed by atoms with Crippen molar-refractivity contribution in [3.63, 3.8) is 0 Å². The van der Waals surface area contributed by atoms with Crippen LogP contribution in [0.15, 0.2) is 42.9 Å². The van der Waals surface area contributed by atoms with E-state index in [1.165, 1.54) is 19.1 Å². The molecule has 4 heterocycles. The minimum Gasteiger partial charge on any atom is -0.465 e. The van der Waals surface area contributed by atoms with E-state index < -0.39 is 17.3 Å². The number of halogens is 1. The monoisotopic (exact) mass is 461 g/mol. The second kappa shape index (κ2) is 7.87. The molecule has 4 aromatic rings. The maximum atomic E-state index is 13.3. The van der Waals surface area contributed by atoms with E-state index in [0.29, 0.717) is 23.5 Å². The molecular formula is C23H20FN7O3. The van der Waals surface area contributed by atoms with Gasteiger partial charge in [0.05, 0.1) is 17.9 Å². The van der Waals surface area contributed by atoms with Crippen LogP contribution in [0.5, 0.6) is 0 Å². The number of rotatable bonds is 5. The van der Waals surface area contributed by atoms with E-state index >= 15 is 0 Å². The SMILES string of the molecule is CCOC(=O)C1(C)C(=O)Nc2nc(-c3cn4ccnc4c(Cc4ccc(F)cc4)n3)nc(N)c21. The lowest BCUT2D eigenvalue weighted by molar-refractivity contribution is -0.152. The molecule has 0 radical (unpaired) electrons. The number of hydrogen-bond acceptors (Lipinski definition) is 8. The maximum Gasteiger partial charge on any atom is 0.326 e. The normalized spacial score (nSPS) is 17.0. The number of hydrogen-bond donors (Lipinski definition) is 2. The Morgan fingerprint density at radius 1 is 1.24 bits per heavy atom. The van der Waals surface area contributed by atoms with Crippen molar-refractivity contribution in [2.75, 3.05) is 17.7 Å².